The predicted molar refractivity (Wildman–Crippen MR) is 505 cm³/mol. The maximum Gasteiger partial charge on any atom is 0.530 e. The Balaban J connectivity index is 1.33. The van der Waals surface area contributed by atoms with Gasteiger partial charge in [0.2, 0.25) is 0 Å². The Hall–Kier alpha value is -8.48. The Kier molecular flexibility index (Phi) is 29.5. The fourth-order valence-corrected chi connectivity index (χ4v) is 17.5. The van der Waals surface area contributed by atoms with E-state index in [0.29, 0.717) is 57.1 Å². The van der Waals surface area contributed by atoms with E-state index in [1.165, 1.54) is 0 Å². The van der Waals surface area contributed by atoms with E-state index < -0.39 is 56.1 Å². The van der Waals surface area contributed by atoms with Crippen molar-refractivity contribution in [2.75, 3.05) is 0 Å². The molecule has 642 valence electrons. The van der Waals surface area contributed by atoms with Crippen LogP contribution in [0.5, 0.6) is 69.0 Å². The molecule has 0 aliphatic heterocycles. The summed E-state index contributed by atoms with van der Waals surface area (Å²) in [7, 11) is -10.0. The topological polar surface area (TPSA) is 111 Å². The molecule has 0 aliphatic carbocycles. The van der Waals surface area contributed by atoms with Gasteiger partial charge >= 0.3 is 34.4 Å². The van der Waals surface area contributed by atoms with Crippen molar-refractivity contribution in [3.05, 3.63) is 273 Å². The van der Waals surface area contributed by atoms with Crippen LogP contribution in [0.15, 0.2) is 206 Å². The van der Waals surface area contributed by atoms with Gasteiger partial charge in [0.05, 0.1) is 11.1 Å². The third-order valence-electron chi connectivity index (χ3n) is 21.1. The number of hydrogen-bond donors (Lipinski definition) is 0. The van der Waals surface area contributed by atoms with E-state index in [9.17, 15) is 0 Å². The maximum absolute atomic E-state index is 7.86. The Labute approximate surface area is 725 Å². The maximum atomic E-state index is 7.86. The average Bonchev–Trinajstić information content (AvgIpc) is 0.766. The molecule has 0 N–H and O–H groups in total. The highest BCUT2D eigenvalue weighted by atomic mass is 31.2. The average molecular weight is 1700 g/mol. The third-order valence-corrected chi connectivity index (χ3v) is 25.3. The predicted octanol–water partition coefficient (Wildman–Crippen LogP) is 33.3. The van der Waals surface area contributed by atoms with Crippen LogP contribution in [0.4, 0.5) is 0 Å². The molecule has 10 aromatic carbocycles. The van der Waals surface area contributed by atoms with Crippen LogP contribution < -0.4 is 54.3 Å². The van der Waals surface area contributed by atoms with Gasteiger partial charge in [0.25, 0.3) is 0 Å². The van der Waals surface area contributed by atoms with Crippen LogP contribution in [0, 0.1) is 0 Å². The van der Waals surface area contributed by atoms with Crippen LogP contribution in [0.25, 0.3) is 11.1 Å². The Morgan fingerprint density at radius 2 is 0.350 bits per heavy atom. The summed E-state index contributed by atoms with van der Waals surface area (Å²) in [6.07, 6.45) is 0. The van der Waals surface area contributed by atoms with Crippen LogP contribution in [0.1, 0.15) is 312 Å². The Bertz CT molecular complexity index is 4490. The fourth-order valence-electron chi connectivity index (χ4n) is 13.3. The van der Waals surface area contributed by atoms with Crippen LogP contribution >= 0.6 is 34.4 Å². The molecule has 0 fully saturated rings. The molecular formula is C104H134O12P4. The van der Waals surface area contributed by atoms with E-state index in [1.54, 1.807) is 0 Å². The molecule has 0 aliphatic rings. The fraction of sp³-hybridized carbons (Fsp3) is 0.423. The zero-order valence-corrected chi connectivity index (χ0v) is 81.2. The van der Waals surface area contributed by atoms with Crippen LogP contribution in [0.3, 0.4) is 0 Å². The van der Waals surface area contributed by atoms with E-state index in [4.69, 9.17) is 54.3 Å². The van der Waals surface area contributed by atoms with Crippen molar-refractivity contribution in [3.63, 3.8) is 0 Å². The second-order valence-corrected chi connectivity index (χ2v) is 45.0. The summed E-state index contributed by atoms with van der Waals surface area (Å²) in [6, 6.07) is 69.3. The molecule has 0 atom stereocenters. The first-order valence-electron chi connectivity index (χ1n) is 42.4. The third kappa shape index (κ3) is 24.9. The van der Waals surface area contributed by atoms with Crippen molar-refractivity contribution < 1.29 is 54.3 Å². The van der Waals surface area contributed by atoms with Crippen molar-refractivity contribution in [3.8, 4) is 80.1 Å². The van der Waals surface area contributed by atoms with Gasteiger partial charge in [-0.25, -0.2) is 0 Å². The van der Waals surface area contributed by atoms with Gasteiger partial charge in [-0.15, -0.1) is 0 Å². The van der Waals surface area contributed by atoms with Gasteiger partial charge in [-0.2, -0.15) is 0 Å². The van der Waals surface area contributed by atoms with E-state index in [0.717, 1.165) is 66.8 Å². The van der Waals surface area contributed by atoms with Gasteiger partial charge in [0.1, 0.15) is 69.0 Å². The van der Waals surface area contributed by atoms with E-state index in [1.807, 2.05) is 84.9 Å². The summed E-state index contributed by atoms with van der Waals surface area (Å²) >= 11 is 0. The molecule has 0 radical (unpaired) electrons. The molecule has 0 heterocycles. The lowest BCUT2D eigenvalue weighted by Crippen LogP contribution is -2.19. The van der Waals surface area contributed by atoms with Crippen LogP contribution in [-0.4, -0.2) is 0 Å². The smallest absolute Gasteiger partial charge is 0.409 e. The van der Waals surface area contributed by atoms with Crippen molar-refractivity contribution in [1.82, 2.24) is 0 Å². The van der Waals surface area contributed by atoms with Crippen LogP contribution in [-0.2, 0) is 43.3 Å². The van der Waals surface area contributed by atoms with Crippen molar-refractivity contribution in [2.45, 2.75) is 289 Å². The summed E-state index contributed by atoms with van der Waals surface area (Å²) < 4.78 is 89.6. The number of hydrogen-bond acceptors (Lipinski definition) is 12. The monoisotopic (exact) mass is 1700 g/mol. The summed E-state index contributed by atoms with van der Waals surface area (Å²) in [5.74, 6) is 6.39. The van der Waals surface area contributed by atoms with Gasteiger partial charge in [-0.05, 0) is 209 Å². The SMILES string of the molecule is CC(C)c1ccc(OP(Oc2ccc(C(C)C)cc2)Oc2cccc(OP(Oc3ccc(C(C)(C)C)cc3C(C)(C)C)Oc3ccc(C(C)(C)C)cc3C(C)(C)C)c2-c2c(OP(Oc3ccc(C(C)C)cc3)Oc3ccc(C(C)C)cc3)cccc2OP(Oc2ccc(C(C)(C)C)cc2C(C)(C)C)Oc2ccc(C(C)(C)C)cc2C(C)(C)C)cc1. The first-order chi connectivity index (χ1) is 55.8. The Morgan fingerprint density at radius 3 is 0.508 bits per heavy atom. The zero-order chi connectivity index (χ0) is 88.2. The van der Waals surface area contributed by atoms with Crippen molar-refractivity contribution in [1.29, 1.82) is 0 Å². The second-order valence-electron chi connectivity index (χ2n) is 41.0. The zero-order valence-electron chi connectivity index (χ0n) is 77.6. The molecule has 0 saturated carbocycles. The van der Waals surface area contributed by atoms with Crippen LogP contribution in [0.2, 0.25) is 0 Å². The lowest BCUT2D eigenvalue weighted by molar-refractivity contribution is 0.369. The highest BCUT2D eigenvalue weighted by Gasteiger charge is 2.39. The molecule has 0 aromatic heterocycles. The molecule has 0 bridgehead atoms. The Morgan fingerprint density at radius 1 is 0.183 bits per heavy atom. The molecule has 0 spiro atoms. The molecule has 0 saturated heterocycles. The second kappa shape index (κ2) is 37.7. The normalized spacial score (nSPS) is 12.8. The minimum atomic E-state index is -2.57. The quantitative estimate of drug-likeness (QED) is 0.0416. The van der Waals surface area contributed by atoms with E-state index in [-0.39, 0.29) is 68.3 Å². The molecule has 10 rings (SSSR count). The molecule has 0 unspecified atom stereocenters. The highest BCUT2D eigenvalue weighted by molar-refractivity contribution is 7.44. The van der Waals surface area contributed by atoms with Gasteiger partial charge < -0.3 is 54.3 Å². The lowest BCUT2D eigenvalue weighted by Gasteiger charge is -2.31. The minimum Gasteiger partial charge on any atom is -0.409 e. The molecule has 16 heteroatoms. The standard InChI is InChI=1S/C104H134O12P4/c1-67(2)71-39-51-79(52-40-71)105-117(106-80-53-41-72(42-54-80)68(3)4)113-91-35-33-37-93(115-119(109-87-59-47-75(97(9,10)11)63-83(87)101(21,22)23)110-88-60-48-76(98(12,13)14)64-84(88)102(24,25)26)95(91)96-92(114-118(107-81-55-43-73(44-56-81)69(5)6)108-82-57-45-74(46-58-82)70(7)8)36-34-38-94(96)116-120(111-89-61-49-77(99(15,16)17)65-85(89)103(27,28)29)112-90-62-50-78(100(18,19)20)66-86(90)104(30,31)32/h33-70H,1-32H3. The summed E-state index contributed by atoms with van der Waals surface area (Å²) in [4.78, 5) is 0. The number of benzene rings is 10. The van der Waals surface area contributed by atoms with Gasteiger partial charge in [-0.3, -0.25) is 0 Å². The molecule has 120 heavy (non-hydrogen) atoms. The summed E-state index contributed by atoms with van der Waals surface area (Å²) in [5.41, 5.74) is 11.2. The van der Waals surface area contributed by atoms with Crippen molar-refractivity contribution in [2.24, 2.45) is 0 Å². The molecule has 0 amide bonds. The first kappa shape index (κ1) is 93.8. The summed E-state index contributed by atoms with van der Waals surface area (Å²) in [5, 5.41) is 0. The van der Waals surface area contributed by atoms with Crippen molar-refractivity contribution >= 4 is 34.4 Å². The first-order valence-corrected chi connectivity index (χ1v) is 46.8. The van der Waals surface area contributed by atoms with Gasteiger partial charge in [-0.1, -0.05) is 331 Å². The molecular weight excluding hydrogens is 1570 g/mol. The molecule has 12 nitrogen and oxygen atoms in total. The molecule has 10 aromatic rings. The van der Waals surface area contributed by atoms with E-state index in [2.05, 4.69) is 343 Å². The summed E-state index contributed by atoms with van der Waals surface area (Å²) in [6.45, 7) is 70.5. The van der Waals surface area contributed by atoms with Gasteiger partial charge in [0.15, 0.2) is 0 Å². The van der Waals surface area contributed by atoms with E-state index >= 15 is 0 Å². The highest BCUT2D eigenvalue weighted by Crippen LogP contribution is 2.60. The lowest BCUT2D eigenvalue weighted by atomic mass is 9.80. The van der Waals surface area contributed by atoms with Gasteiger partial charge in [0, 0.05) is 22.3 Å². The minimum absolute atomic E-state index is 0.194. The number of rotatable bonds is 29. The largest absolute Gasteiger partial charge is 0.530 e.